The van der Waals surface area contributed by atoms with Crippen molar-refractivity contribution in [2.45, 2.75) is 35.7 Å². The molecule has 2 aromatic carbocycles. The lowest BCUT2D eigenvalue weighted by Crippen LogP contribution is -2.47. The zero-order valence-corrected chi connectivity index (χ0v) is 22.2. The lowest BCUT2D eigenvalue weighted by molar-refractivity contribution is -0.123. The van der Waals surface area contributed by atoms with Crippen LogP contribution in [0, 0.1) is 0 Å². The summed E-state index contributed by atoms with van der Waals surface area (Å²) < 4.78 is 24.7. The van der Waals surface area contributed by atoms with E-state index in [2.05, 4.69) is 5.32 Å². The largest absolute Gasteiger partial charge is 0.494 e. The Balaban J connectivity index is 1.45. The van der Waals surface area contributed by atoms with Crippen molar-refractivity contribution in [3.63, 3.8) is 0 Å². The van der Waals surface area contributed by atoms with Crippen LogP contribution in [0.3, 0.4) is 0 Å². The fourth-order valence-corrected chi connectivity index (χ4v) is 9.08. The van der Waals surface area contributed by atoms with Gasteiger partial charge in [0.15, 0.2) is 6.34 Å². The van der Waals surface area contributed by atoms with Gasteiger partial charge in [-0.2, -0.15) is 0 Å². The van der Waals surface area contributed by atoms with Crippen LogP contribution in [0.5, 0.6) is 5.75 Å². The van der Waals surface area contributed by atoms with Gasteiger partial charge in [-0.1, -0.05) is 11.4 Å². The maximum absolute atomic E-state index is 13.6. The van der Waals surface area contributed by atoms with E-state index in [-0.39, 0.29) is 5.91 Å². The number of ether oxygens (including phenoxy) is 2. The summed E-state index contributed by atoms with van der Waals surface area (Å²) in [5.74, 6) is 0.0810. The third-order valence-electron chi connectivity index (χ3n) is 6.14. The quantitative estimate of drug-likeness (QED) is 0.330. The van der Waals surface area contributed by atoms with Gasteiger partial charge in [-0.05, 0) is 74.5 Å². The average Bonchev–Trinajstić information content (AvgIpc) is 2.83. The summed E-state index contributed by atoms with van der Waals surface area (Å²) in [6.45, 7) is 2.81. The van der Waals surface area contributed by atoms with Crippen LogP contribution in [0.4, 0.5) is 11.4 Å². The molecule has 1 unspecified atom stereocenters. The van der Waals surface area contributed by atoms with E-state index in [4.69, 9.17) is 15.2 Å². The third-order valence-corrected chi connectivity index (χ3v) is 11.9. The topological polar surface area (TPSA) is 111 Å². The molecule has 1 aliphatic heterocycles. The first-order chi connectivity index (χ1) is 16.6. The van der Waals surface area contributed by atoms with Gasteiger partial charge in [0.25, 0.3) is 0 Å². The van der Waals surface area contributed by atoms with Crippen molar-refractivity contribution < 1.29 is 23.6 Å². The molecular weight excluding hydrogens is 485 g/mol. The van der Waals surface area contributed by atoms with Gasteiger partial charge in [-0.25, -0.2) is 0 Å². The number of hydrogen-bond acceptors (Lipinski definition) is 7. The van der Waals surface area contributed by atoms with Crippen molar-refractivity contribution >= 4 is 40.9 Å². The highest BCUT2D eigenvalue weighted by molar-refractivity contribution is 8.58. The lowest BCUT2D eigenvalue weighted by atomic mass is 9.98. The van der Waals surface area contributed by atoms with E-state index in [0.717, 1.165) is 16.3 Å². The molecule has 0 radical (unpaired) electrons. The minimum absolute atomic E-state index is 0.0619. The second kappa shape index (κ2) is 12.0. The molecule has 0 aliphatic carbocycles. The second-order valence-corrected chi connectivity index (χ2v) is 14.7. The van der Waals surface area contributed by atoms with Crippen LogP contribution in [-0.4, -0.2) is 57.6 Å². The van der Waals surface area contributed by atoms with E-state index in [0.29, 0.717) is 51.3 Å². The third kappa shape index (κ3) is 7.03. The van der Waals surface area contributed by atoms with Crippen molar-refractivity contribution in [1.29, 1.82) is 0 Å². The van der Waals surface area contributed by atoms with Crippen LogP contribution >= 0.6 is 17.7 Å². The zero-order valence-electron chi connectivity index (χ0n) is 20.5. The normalized spacial score (nSPS) is 16.7. The highest BCUT2D eigenvalue weighted by atomic mass is 32.7. The Morgan fingerprint density at radius 2 is 1.74 bits per heavy atom. The number of anilines is 2. The number of nitrogens with one attached hydrogen (secondary N) is 1. The number of carbonyl (C=O) groups excluding carboxylic acids is 2. The van der Waals surface area contributed by atoms with Gasteiger partial charge in [0.05, 0.1) is 6.61 Å². The van der Waals surface area contributed by atoms with E-state index in [1.807, 2.05) is 55.4 Å². The molecule has 0 spiro atoms. The molecule has 1 saturated heterocycles. The first-order valence-corrected chi connectivity index (χ1v) is 15.2. The molecule has 1 aliphatic rings. The van der Waals surface area contributed by atoms with E-state index in [1.165, 1.54) is 11.4 Å². The summed E-state index contributed by atoms with van der Waals surface area (Å²) in [7, 11) is 3.93. The predicted octanol–water partition coefficient (Wildman–Crippen LogP) is 4.58. The minimum Gasteiger partial charge on any atom is -0.494 e. The van der Waals surface area contributed by atoms with Crippen LogP contribution < -0.4 is 20.7 Å². The number of primary amides is 1. The number of hydrogen-bond donors (Lipinski definition) is 2. The predicted molar refractivity (Wildman–Crippen MR) is 142 cm³/mol. The molecule has 0 bridgehead atoms. The highest BCUT2D eigenvalue weighted by Gasteiger charge is 2.51. The summed E-state index contributed by atoms with van der Waals surface area (Å²) >= 11 is 1.21. The molecule has 0 saturated carbocycles. The summed E-state index contributed by atoms with van der Waals surface area (Å²) in [5, 5.41) is 1.85. The molecule has 190 valence electrons. The molecule has 2 aromatic rings. The van der Waals surface area contributed by atoms with Crippen LogP contribution in [-0.2, 0) is 18.9 Å². The molecule has 3 rings (SSSR count). The minimum atomic E-state index is -2.99. The van der Waals surface area contributed by atoms with Gasteiger partial charge >= 0.3 is 0 Å². The van der Waals surface area contributed by atoms with E-state index < -0.39 is 17.4 Å². The number of amides is 2. The van der Waals surface area contributed by atoms with Crippen LogP contribution in [0.2, 0.25) is 0 Å². The Morgan fingerprint density at radius 1 is 1.11 bits per heavy atom. The monoisotopic (exact) mass is 519 g/mol. The van der Waals surface area contributed by atoms with Crippen LogP contribution in [0.25, 0.3) is 0 Å². The Labute approximate surface area is 211 Å². The van der Waals surface area contributed by atoms with Gasteiger partial charge in [-0.15, -0.1) is 0 Å². The van der Waals surface area contributed by atoms with Gasteiger partial charge in [0.2, 0.25) is 11.8 Å². The zero-order chi connectivity index (χ0) is 25.5. The SMILES string of the molecule is CN(C)c1ccc(NC(=O)CCCOc2ccc(SP(C)(=O)C3(C(N)=O)CCOCC3)cc2)cc1. The van der Waals surface area contributed by atoms with E-state index in [9.17, 15) is 14.2 Å². The van der Waals surface area contributed by atoms with Gasteiger partial charge < -0.3 is 30.0 Å². The lowest BCUT2D eigenvalue weighted by Gasteiger charge is -2.38. The highest BCUT2D eigenvalue weighted by Crippen LogP contribution is 2.70. The molecule has 1 atom stereocenters. The smallest absolute Gasteiger partial charge is 0.232 e. The van der Waals surface area contributed by atoms with Crippen molar-refractivity contribution in [1.82, 2.24) is 0 Å². The fraction of sp³-hybridized carbons (Fsp3) is 0.440. The second-order valence-electron chi connectivity index (χ2n) is 8.86. The van der Waals surface area contributed by atoms with E-state index >= 15 is 0 Å². The summed E-state index contributed by atoms with van der Waals surface area (Å²) in [5.41, 5.74) is 7.52. The number of nitrogens with zero attached hydrogens (tertiary/aromatic N) is 1. The number of rotatable bonds is 11. The standard InChI is InChI=1S/C25H34N3O5PS/c1-28(2)20-8-6-19(7-9-20)27-23(29)5-4-16-33-21-10-12-22(13-11-21)35-34(3,31)25(24(26)30)14-17-32-18-15-25/h6-13H,4-5,14-18H2,1-3H3,(H2,26,30)(H,27,29). The first-order valence-electron chi connectivity index (χ1n) is 11.6. The van der Waals surface area contributed by atoms with Crippen molar-refractivity contribution in [3.8, 4) is 5.75 Å². The molecule has 10 heteroatoms. The fourth-order valence-electron chi connectivity index (χ4n) is 3.94. The van der Waals surface area contributed by atoms with Crippen LogP contribution in [0.15, 0.2) is 53.4 Å². The first kappa shape index (κ1) is 27.1. The molecule has 0 aromatic heterocycles. The van der Waals surface area contributed by atoms with Crippen molar-refractivity contribution in [3.05, 3.63) is 48.5 Å². The molecule has 1 heterocycles. The van der Waals surface area contributed by atoms with Gasteiger partial charge in [-0.3, -0.25) is 9.59 Å². The van der Waals surface area contributed by atoms with Crippen LogP contribution in [0.1, 0.15) is 25.7 Å². The molecule has 1 fully saturated rings. The summed E-state index contributed by atoms with van der Waals surface area (Å²) in [6.07, 6.45) is -1.32. The average molecular weight is 520 g/mol. The Kier molecular flexibility index (Phi) is 9.27. The molecule has 2 amide bonds. The van der Waals surface area contributed by atoms with Gasteiger partial charge in [0.1, 0.15) is 10.9 Å². The molecule has 35 heavy (non-hydrogen) atoms. The van der Waals surface area contributed by atoms with Crippen molar-refractivity contribution in [2.75, 3.05) is 50.8 Å². The van der Waals surface area contributed by atoms with Crippen molar-refractivity contribution in [2.24, 2.45) is 5.73 Å². The Hall–Kier alpha value is -2.48. The molecular formula is C25H34N3O5PS. The maximum atomic E-state index is 13.6. The number of benzene rings is 2. The summed E-state index contributed by atoms with van der Waals surface area (Å²) in [4.78, 5) is 27.2. The maximum Gasteiger partial charge on any atom is 0.232 e. The Bertz CT molecular complexity index is 1050. The Morgan fingerprint density at radius 3 is 2.31 bits per heavy atom. The molecule has 8 nitrogen and oxygen atoms in total. The number of carbonyl (C=O) groups is 2. The molecule has 3 N–H and O–H groups in total. The van der Waals surface area contributed by atoms with Gasteiger partial charge in [0, 0.05) is 50.0 Å². The summed E-state index contributed by atoms with van der Waals surface area (Å²) in [6, 6.07) is 14.9. The van der Waals surface area contributed by atoms with E-state index in [1.54, 1.807) is 18.8 Å². The number of nitrogens with two attached hydrogens (primary N) is 1.